The van der Waals surface area contributed by atoms with Crippen LogP contribution in [0.3, 0.4) is 0 Å². The zero-order valence-corrected chi connectivity index (χ0v) is 17.1. The van der Waals surface area contributed by atoms with Gasteiger partial charge in [-0.15, -0.1) is 0 Å². The first kappa shape index (κ1) is 21.0. The fourth-order valence-corrected chi connectivity index (χ4v) is 5.10. The molecule has 6 nitrogen and oxygen atoms in total. The predicted octanol–water partition coefficient (Wildman–Crippen LogP) is 2.78. The average molecular weight is 415 g/mol. The second-order valence-corrected chi connectivity index (χ2v) is 9.53. The lowest BCUT2D eigenvalue weighted by atomic mass is 9.93. The van der Waals surface area contributed by atoms with Gasteiger partial charge in [0.1, 0.15) is 0 Å². The van der Waals surface area contributed by atoms with Crippen molar-refractivity contribution < 1.29 is 18.0 Å². The van der Waals surface area contributed by atoms with Gasteiger partial charge in [-0.1, -0.05) is 30.3 Å². The van der Waals surface area contributed by atoms with Crippen molar-refractivity contribution in [3.63, 3.8) is 0 Å². The largest absolute Gasteiger partial charge is 0.370 e. The van der Waals surface area contributed by atoms with E-state index in [1.807, 2.05) is 0 Å². The van der Waals surface area contributed by atoms with Crippen LogP contribution in [0.15, 0.2) is 59.5 Å². The molecule has 1 unspecified atom stereocenters. The molecule has 29 heavy (non-hydrogen) atoms. The summed E-state index contributed by atoms with van der Waals surface area (Å²) < 4.78 is 25.2. The molecule has 0 spiro atoms. The fourth-order valence-electron chi connectivity index (χ4n) is 3.74. The minimum atomic E-state index is -3.47. The molecule has 7 heteroatoms. The molecule has 1 heterocycles. The number of carbonyl (C=O) groups is 2. The Morgan fingerprint density at radius 3 is 2.55 bits per heavy atom. The summed E-state index contributed by atoms with van der Waals surface area (Å²) in [6.07, 6.45) is 2.89. The molecule has 1 aliphatic heterocycles. The summed E-state index contributed by atoms with van der Waals surface area (Å²) in [4.78, 5) is 26.0. The third-order valence-electron chi connectivity index (χ3n) is 5.24. The van der Waals surface area contributed by atoms with Crippen LogP contribution in [-0.4, -0.2) is 38.2 Å². The number of carbonyl (C=O) groups excluding carboxylic acids is 2. The summed E-state index contributed by atoms with van der Waals surface area (Å²) >= 11 is 0. The molecule has 2 aromatic rings. The molecule has 0 saturated carbocycles. The van der Waals surface area contributed by atoms with Crippen LogP contribution in [0.5, 0.6) is 0 Å². The highest BCUT2D eigenvalue weighted by atomic mass is 32.2. The summed E-state index contributed by atoms with van der Waals surface area (Å²) in [5.41, 5.74) is 6.31. The molecule has 0 aliphatic carbocycles. The van der Waals surface area contributed by atoms with Crippen molar-refractivity contribution >= 4 is 21.7 Å². The van der Waals surface area contributed by atoms with E-state index in [1.54, 1.807) is 59.5 Å². The SMILES string of the molecule is NC(=O)CCC1CCCN(C(=O)c2cccc(CS(=O)(=O)c3ccccc3)c2)C1. The van der Waals surface area contributed by atoms with Gasteiger partial charge in [0, 0.05) is 25.1 Å². The van der Waals surface area contributed by atoms with Gasteiger partial charge in [-0.3, -0.25) is 9.59 Å². The topological polar surface area (TPSA) is 97.5 Å². The Balaban J connectivity index is 1.70. The van der Waals surface area contributed by atoms with Gasteiger partial charge in [0.05, 0.1) is 10.6 Å². The van der Waals surface area contributed by atoms with Crippen LogP contribution in [0, 0.1) is 5.92 Å². The van der Waals surface area contributed by atoms with Crippen molar-refractivity contribution in [2.45, 2.75) is 36.3 Å². The summed E-state index contributed by atoms with van der Waals surface area (Å²) in [5, 5.41) is 0. The highest BCUT2D eigenvalue weighted by molar-refractivity contribution is 7.90. The van der Waals surface area contributed by atoms with E-state index in [1.165, 1.54) is 0 Å². The van der Waals surface area contributed by atoms with Gasteiger partial charge in [-0.25, -0.2) is 8.42 Å². The van der Waals surface area contributed by atoms with E-state index in [2.05, 4.69) is 0 Å². The van der Waals surface area contributed by atoms with Gasteiger partial charge in [-0.2, -0.15) is 0 Å². The number of primary amides is 1. The number of benzene rings is 2. The van der Waals surface area contributed by atoms with Crippen molar-refractivity contribution in [3.8, 4) is 0 Å². The van der Waals surface area contributed by atoms with E-state index in [0.29, 0.717) is 37.1 Å². The Morgan fingerprint density at radius 2 is 1.83 bits per heavy atom. The Hall–Kier alpha value is -2.67. The van der Waals surface area contributed by atoms with Crippen LogP contribution in [-0.2, 0) is 20.4 Å². The highest BCUT2D eigenvalue weighted by Crippen LogP contribution is 2.23. The molecule has 0 aromatic heterocycles. The lowest BCUT2D eigenvalue weighted by Crippen LogP contribution is -2.40. The summed E-state index contributed by atoms with van der Waals surface area (Å²) in [6, 6.07) is 15.1. The van der Waals surface area contributed by atoms with Crippen LogP contribution in [0.2, 0.25) is 0 Å². The van der Waals surface area contributed by atoms with Crippen molar-refractivity contribution in [3.05, 3.63) is 65.7 Å². The van der Waals surface area contributed by atoms with Crippen molar-refractivity contribution in [1.82, 2.24) is 4.90 Å². The molecule has 1 saturated heterocycles. The van der Waals surface area contributed by atoms with E-state index >= 15 is 0 Å². The molecule has 2 N–H and O–H groups in total. The fraction of sp³-hybridized carbons (Fsp3) is 0.364. The maximum atomic E-state index is 13.0. The van der Waals surface area contributed by atoms with Gasteiger partial charge in [0.2, 0.25) is 5.91 Å². The molecule has 3 rings (SSSR count). The van der Waals surface area contributed by atoms with Crippen LogP contribution in [0.4, 0.5) is 0 Å². The molecule has 2 aromatic carbocycles. The lowest BCUT2D eigenvalue weighted by Gasteiger charge is -2.32. The Bertz CT molecular complexity index is 973. The summed E-state index contributed by atoms with van der Waals surface area (Å²) in [7, 11) is -3.47. The van der Waals surface area contributed by atoms with Gasteiger partial charge >= 0.3 is 0 Å². The van der Waals surface area contributed by atoms with E-state index in [4.69, 9.17) is 5.73 Å². The summed E-state index contributed by atoms with van der Waals surface area (Å²) in [6.45, 7) is 1.26. The van der Waals surface area contributed by atoms with Crippen LogP contribution in [0.1, 0.15) is 41.6 Å². The minimum Gasteiger partial charge on any atom is -0.370 e. The van der Waals surface area contributed by atoms with Crippen molar-refractivity contribution in [2.75, 3.05) is 13.1 Å². The molecule has 1 atom stereocenters. The minimum absolute atomic E-state index is 0.104. The molecular formula is C22H26N2O4S. The first-order valence-electron chi connectivity index (χ1n) is 9.79. The number of amides is 2. The monoisotopic (exact) mass is 414 g/mol. The number of likely N-dealkylation sites (tertiary alicyclic amines) is 1. The second-order valence-electron chi connectivity index (χ2n) is 7.54. The van der Waals surface area contributed by atoms with Crippen LogP contribution < -0.4 is 5.73 Å². The van der Waals surface area contributed by atoms with Crippen LogP contribution in [0.25, 0.3) is 0 Å². The van der Waals surface area contributed by atoms with Gasteiger partial charge in [0.15, 0.2) is 9.84 Å². The van der Waals surface area contributed by atoms with E-state index in [0.717, 1.165) is 12.8 Å². The van der Waals surface area contributed by atoms with Crippen molar-refractivity contribution in [1.29, 1.82) is 0 Å². The average Bonchev–Trinajstić information content (AvgIpc) is 2.72. The summed E-state index contributed by atoms with van der Waals surface area (Å²) in [5.74, 6) is -0.310. The Kier molecular flexibility index (Phi) is 6.69. The molecule has 2 amide bonds. The Labute approximate surface area is 171 Å². The molecular weight excluding hydrogens is 388 g/mol. The molecule has 154 valence electrons. The van der Waals surface area contributed by atoms with Crippen LogP contribution >= 0.6 is 0 Å². The molecule has 0 bridgehead atoms. The molecule has 1 aliphatic rings. The van der Waals surface area contributed by atoms with E-state index < -0.39 is 9.84 Å². The maximum Gasteiger partial charge on any atom is 0.253 e. The quantitative estimate of drug-likeness (QED) is 0.753. The molecule has 1 fully saturated rings. The second kappa shape index (κ2) is 9.22. The van der Waals surface area contributed by atoms with Gasteiger partial charge in [0.25, 0.3) is 5.91 Å². The zero-order valence-electron chi connectivity index (χ0n) is 16.3. The first-order valence-corrected chi connectivity index (χ1v) is 11.4. The number of rotatable bonds is 7. The number of hydrogen-bond acceptors (Lipinski definition) is 4. The smallest absolute Gasteiger partial charge is 0.253 e. The maximum absolute atomic E-state index is 13.0. The van der Waals surface area contributed by atoms with E-state index in [-0.39, 0.29) is 28.4 Å². The molecule has 0 radical (unpaired) electrons. The highest BCUT2D eigenvalue weighted by Gasteiger charge is 2.25. The van der Waals surface area contributed by atoms with Gasteiger partial charge in [-0.05, 0) is 55.0 Å². The number of nitrogens with two attached hydrogens (primary N) is 1. The Morgan fingerprint density at radius 1 is 1.07 bits per heavy atom. The zero-order chi connectivity index (χ0) is 20.9. The predicted molar refractivity (Wildman–Crippen MR) is 111 cm³/mol. The number of sulfone groups is 1. The van der Waals surface area contributed by atoms with Gasteiger partial charge < -0.3 is 10.6 Å². The lowest BCUT2D eigenvalue weighted by molar-refractivity contribution is -0.118. The number of piperidine rings is 1. The normalized spacial score (nSPS) is 17.1. The third kappa shape index (κ3) is 5.67. The van der Waals surface area contributed by atoms with E-state index in [9.17, 15) is 18.0 Å². The standard InChI is InChI=1S/C22H26N2O4S/c23-21(25)12-11-17-7-5-13-24(15-17)22(26)19-8-4-6-18(14-19)16-29(27,28)20-9-2-1-3-10-20/h1-4,6,8-10,14,17H,5,7,11-13,15-16H2,(H2,23,25). The van der Waals surface area contributed by atoms with Crippen molar-refractivity contribution in [2.24, 2.45) is 11.7 Å². The number of nitrogens with zero attached hydrogens (tertiary/aromatic N) is 1. The number of hydrogen-bond donors (Lipinski definition) is 1. The third-order valence-corrected chi connectivity index (χ3v) is 6.94. The first-order chi connectivity index (χ1) is 13.8.